The first kappa shape index (κ1) is 13.8. The Labute approximate surface area is 104 Å². The molecule has 0 radical (unpaired) electrons. The molecule has 0 aliphatic carbocycles. The van der Waals surface area contributed by atoms with Gasteiger partial charge >= 0.3 is 7.82 Å². The second kappa shape index (κ2) is 5.39. The summed E-state index contributed by atoms with van der Waals surface area (Å²) in [6, 6.07) is 3.74. The summed E-state index contributed by atoms with van der Waals surface area (Å²) < 4.78 is 24.8. The lowest BCUT2D eigenvalue weighted by Crippen LogP contribution is -1.97. The molecule has 1 rings (SSSR count). The van der Waals surface area contributed by atoms with Crippen molar-refractivity contribution in [2.45, 2.75) is 20.8 Å². The Hall–Kier alpha value is -0.250. The molecular weight excluding hydrogens is 274 g/mol. The first-order valence-corrected chi connectivity index (χ1v) is 6.48. The molecule has 0 saturated carbocycles. The standard InChI is InChI=1S/C9H11Cl2O4P/c1-6-4-7(2)9(8(3)5-6)13-16(12,14-10)15-11/h4-5H,1-3H3. The van der Waals surface area contributed by atoms with Gasteiger partial charge in [-0.05, 0) is 31.9 Å². The maximum Gasteiger partial charge on any atom is 0.563 e. The van der Waals surface area contributed by atoms with Crippen molar-refractivity contribution in [3.63, 3.8) is 0 Å². The van der Waals surface area contributed by atoms with Gasteiger partial charge in [0.1, 0.15) is 5.75 Å². The molecule has 4 nitrogen and oxygen atoms in total. The minimum atomic E-state index is -3.94. The molecule has 0 atom stereocenters. The van der Waals surface area contributed by atoms with Gasteiger partial charge in [0, 0.05) is 0 Å². The monoisotopic (exact) mass is 284 g/mol. The summed E-state index contributed by atoms with van der Waals surface area (Å²) >= 11 is 9.99. The molecule has 90 valence electrons. The van der Waals surface area contributed by atoms with Crippen LogP contribution in [0.1, 0.15) is 16.7 Å². The Kier molecular flexibility index (Phi) is 4.65. The summed E-state index contributed by atoms with van der Waals surface area (Å²) in [6.07, 6.45) is 0. The first-order chi connectivity index (χ1) is 7.41. The fraction of sp³-hybridized carbons (Fsp3) is 0.333. The van der Waals surface area contributed by atoms with Gasteiger partial charge in [0.15, 0.2) is 0 Å². The third kappa shape index (κ3) is 3.12. The van der Waals surface area contributed by atoms with Crippen molar-refractivity contribution < 1.29 is 17.2 Å². The number of phosphoric acid groups is 1. The number of benzene rings is 1. The van der Waals surface area contributed by atoms with Crippen LogP contribution >= 0.6 is 31.6 Å². The Morgan fingerprint density at radius 2 is 1.50 bits per heavy atom. The molecule has 1 aromatic carbocycles. The number of rotatable bonds is 4. The van der Waals surface area contributed by atoms with Crippen molar-refractivity contribution in [3.05, 3.63) is 28.8 Å². The van der Waals surface area contributed by atoms with Crippen LogP contribution < -0.4 is 4.52 Å². The third-order valence-corrected chi connectivity index (χ3v) is 3.74. The minimum Gasteiger partial charge on any atom is -0.402 e. The minimum absolute atomic E-state index is 0.384. The molecule has 0 fully saturated rings. The van der Waals surface area contributed by atoms with E-state index in [1.54, 1.807) is 0 Å². The van der Waals surface area contributed by atoms with Crippen molar-refractivity contribution in [1.29, 1.82) is 0 Å². The molecule has 0 bridgehead atoms. The lowest BCUT2D eigenvalue weighted by atomic mass is 10.1. The van der Waals surface area contributed by atoms with Gasteiger partial charge in [-0.2, -0.15) is 8.15 Å². The summed E-state index contributed by atoms with van der Waals surface area (Å²) in [5.74, 6) is 0.384. The van der Waals surface area contributed by atoms with E-state index in [2.05, 4.69) is 8.15 Å². The Morgan fingerprint density at radius 3 is 1.88 bits per heavy atom. The summed E-state index contributed by atoms with van der Waals surface area (Å²) in [4.78, 5) is 0. The van der Waals surface area contributed by atoms with Crippen LogP contribution in [-0.4, -0.2) is 0 Å². The number of aryl methyl sites for hydroxylation is 3. The maximum absolute atomic E-state index is 11.6. The molecular formula is C9H11Cl2O4P. The predicted molar refractivity (Wildman–Crippen MR) is 62.8 cm³/mol. The Bertz CT molecular complexity index is 405. The second-order valence-corrected chi connectivity index (χ2v) is 5.59. The molecule has 0 heterocycles. The molecule has 16 heavy (non-hydrogen) atoms. The predicted octanol–water partition coefficient (Wildman–Crippen LogP) is 4.44. The lowest BCUT2D eigenvalue weighted by Gasteiger charge is -2.15. The fourth-order valence-electron chi connectivity index (χ4n) is 1.46. The topological polar surface area (TPSA) is 44.8 Å². The van der Waals surface area contributed by atoms with Gasteiger partial charge in [0.25, 0.3) is 0 Å². The van der Waals surface area contributed by atoms with Crippen LogP contribution in [0, 0.1) is 20.8 Å². The van der Waals surface area contributed by atoms with Gasteiger partial charge in [0.2, 0.25) is 0 Å². The van der Waals surface area contributed by atoms with E-state index in [1.165, 1.54) is 0 Å². The summed E-state index contributed by atoms with van der Waals surface area (Å²) in [6.45, 7) is 5.56. The van der Waals surface area contributed by atoms with Crippen LogP contribution in [0.15, 0.2) is 12.1 Å². The van der Waals surface area contributed by atoms with E-state index in [-0.39, 0.29) is 0 Å². The number of hydrogen-bond donors (Lipinski definition) is 0. The van der Waals surface area contributed by atoms with Crippen molar-refractivity contribution in [2.75, 3.05) is 0 Å². The molecule has 0 N–H and O–H groups in total. The van der Waals surface area contributed by atoms with Crippen molar-refractivity contribution in [1.82, 2.24) is 0 Å². The first-order valence-electron chi connectivity index (χ1n) is 4.40. The van der Waals surface area contributed by atoms with Gasteiger partial charge in [-0.1, -0.05) is 17.7 Å². The van der Waals surface area contributed by atoms with Gasteiger partial charge in [-0.15, -0.1) is 0 Å². The normalized spacial score (nSPS) is 11.6. The second-order valence-electron chi connectivity index (χ2n) is 3.40. The highest BCUT2D eigenvalue weighted by Crippen LogP contribution is 2.52. The van der Waals surface area contributed by atoms with E-state index in [4.69, 9.17) is 28.3 Å². The van der Waals surface area contributed by atoms with Crippen LogP contribution in [0.3, 0.4) is 0 Å². The molecule has 0 spiro atoms. The van der Waals surface area contributed by atoms with Gasteiger partial charge in [-0.3, -0.25) is 0 Å². The van der Waals surface area contributed by atoms with Crippen molar-refractivity contribution in [2.24, 2.45) is 0 Å². The molecule has 0 saturated heterocycles. The zero-order valence-electron chi connectivity index (χ0n) is 8.99. The molecule has 7 heteroatoms. The summed E-state index contributed by atoms with van der Waals surface area (Å²) in [7, 11) is -3.94. The smallest absolute Gasteiger partial charge is 0.402 e. The third-order valence-electron chi connectivity index (χ3n) is 1.98. The largest absolute Gasteiger partial charge is 0.563 e. The highest BCUT2D eigenvalue weighted by atomic mass is 35.5. The van der Waals surface area contributed by atoms with E-state index < -0.39 is 7.82 Å². The Morgan fingerprint density at radius 1 is 1.06 bits per heavy atom. The van der Waals surface area contributed by atoms with Crippen molar-refractivity contribution >= 4 is 31.6 Å². The van der Waals surface area contributed by atoms with E-state index in [9.17, 15) is 4.57 Å². The number of halogens is 2. The lowest BCUT2D eigenvalue weighted by molar-refractivity contribution is 0.316. The molecule has 0 aliphatic rings. The molecule has 0 unspecified atom stereocenters. The van der Waals surface area contributed by atoms with Crippen LogP contribution in [-0.2, 0) is 12.7 Å². The number of hydrogen-bond acceptors (Lipinski definition) is 4. The maximum atomic E-state index is 11.6. The van der Waals surface area contributed by atoms with Gasteiger partial charge < -0.3 is 4.52 Å². The van der Waals surface area contributed by atoms with E-state index in [1.807, 2.05) is 32.9 Å². The van der Waals surface area contributed by atoms with Crippen LogP contribution in [0.5, 0.6) is 5.75 Å². The van der Waals surface area contributed by atoms with Crippen LogP contribution in [0.4, 0.5) is 0 Å². The quantitative estimate of drug-likeness (QED) is 0.767. The Balaban J connectivity index is 3.11. The fourth-order valence-corrected chi connectivity index (χ4v) is 2.48. The molecule has 0 aliphatic heterocycles. The van der Waals surface area contributed by atoms with E-state index in [0.717, 1.165) is 16.7 Å². The average Bonchev–Trinajstić information content (AvgIpc) is 2.23. The van der Waals surface area contributed by atoms with Crippen LogP contribution in [0.2, 0.25) is 0 Å². The van der Waals surface area contributed by atoms with Crippen LogP contribution in [0.25, 0.3) is 0 Å². The van der Waals surface area contributed by atoms with Crippen molar-refractivity contribution in [3.8, 4) is 5.75 Å². The highest BCUT2D eigenvalue weighted by Gasteiger charge is 2.30. The molecule has 0 amide bonds. The highest BCUT2D eigenvalue weighted by molar-refractivity contribution is 7.50. The van der Waals surface area contributed by atoms with Gasteiger partial charge in [-0.25, -0.2) is 4.57 Å². The summed E-state index contributed by atoms with van der Waals surface area (Å²) in [5.41, 5.74) is 2.65. The SMILES string of the molecule is Cc1cc(C)c(OP(=O)(OCl)OCl)c(C)c1. The zero-order valence-corrected chi connectivity index (χ0v) is 11.4. The van der Waals surface area contributed by atoms with Gasteiger partial charge in [0.05, 0.1) is 23.7 Å². The van der Waals surface area contributed by atoms with E-state index >= 15 is 0 Å². The molecule has 0 aromatic heterocycles. The zero-order chi connectivity index (χ0) is 12.3. The molecule has 1 aromatic rings. The van der Waals surface area contributed by atoms with E-state index in [0.29, 0.717) is 5.75 Å². The average molecular weight is 285 g/mol. The summed E-state index contributed by atoms with van der Waals surface area (Å²) in [5, 5.41) is 0.